The van der Waals surface area contributed by atoms with Crippen LogP contribution in [0.5, 0.6) is 0 Å². The van der Waals surface area contributed by atoms with E-state index in [2.05, 4.69) is 12.0 Å². The highest BCUT2D eigenvalue weighted by molar-refractivity contribution is 5.08. The first-order valence-electron chi connectivity index (χ1n) is 7.58. The summed E-state index contributed by atoms with van der Waals surface area (Å²) in [4.78, 5) is 0. The first-order valence-corrected chi connectivity index (χ1v) is 7.58. The molecular weight excluding hydrogens is 240 g/mol. The monoisotopic (exact) mass is 264 g/mol. The molecule has 19 heavy (non-hydrogen) atoms. The molecule has 0 amide bonds. The summed E-state index contributed by atoms with van der Waals surface area (Å²) in [6.45, 7) is 3.81. The quantitative estimate of drug-likeness (QED) is 0.909. The van der Waals surface area contributed by atoms with Gasteiger partial charge in [0.05, 0.1) is 17.4 Å². The van der Waals surface area contributed by atoms with Gasteiger partial charge in [-0.05, 0) is 50.5 Å². The summed E-state index contributed by atoms with van der Waals surface area (Å²) in [7, 11) is 0. The molecular formula is C15H24N2O2. The molecule has 1 saturated heterocycles. The Morgan fingerprint density at radius 2 is 2.42 bits per heavy atom. The Balaban J connectivity index is 1.72. The Morgan fingerprint density at radius 1 is 1.58 bits per heavy atom. The molecule has 0 radical (unpaired) electrons. The molecule has 1 N–H and O–H groups in total. The van der Waals surface area contributed by atoms with E-state index in [0.717, 1.165) is 38.1 Å². The van der Waals surface area contributed by atoms with Gasteiger partial charge in [0, 0.05) is 19.3 Å². The maximum Gasteiger partial charge on any atom is 0.0986 e. The Labute approximate surface area is 114 Å². The van der Waals surface area contributed by atoms with Gasteiger partial charge in [0.1, 0.15) is 0 Å². The van der Waals surface area contributed by atoms with E-state index in [1.165, 1.54) is 19.3 Å². The lowest BCUT2D eigenvalue weighted by Crippen LogP contribution is -2.46. The van der Waals surface area contributed by atoms with Crippen LogP contribution in [-0.2, 0) is 11.3 Å². The predicted molar refractivity (Wildman–Crippen MR) is 72.7 cm³/mol. The smallest absolute Gasteiger partial charge is 0.0986 e. The van der Waals surface area contributed by atoms with Crippen LogP contribution >= 0.6 is 0 Å². The van der Waals surface area contributed by atoms with Crippen molar-refractivity contribution in [3.05, 3.63) is 18.0 Å². The van der Waals surface area contributed by atoms with Crippen LogP contribution in [-0.4, -0.2) is 27.1 Å². The summed E-state index contributed by atoms with van der Waals surface area (Å²) < 4.78 is 7.90. The van der Waals surface area contributed by atoms with Crippen LogP contribution in [0.2, 0.25) is 0 Å². The number of aliphatic hydroxyl groups excluding tert-OH is 1. The van der Waals surface area contributed by atoms with Crippen LogP contribution in [0.3, 0.4) is 0 Å². The molecule has 4 nitrogen and oxygen atoms in total. The maximum absolute atomic E-state index is 10.7. The summed E-state index contributed by atoms with van der Waals surface area (Å²) in [5.74, 6) is 0.321. The second kappa shape index (κ2) is 5.25. The number of nitrogens with zero attached hydrogens (tertiary/aromatic N) is 2. The molecule has 1 spiro atoms. The minimum Gasteiger partial charge on any atom is -0.387 e. The normalized spacial score (nSPS) is 27.2. The van der Waals surface area contributed by atoms with Crippen LogP contribution in [0.15, 0.2) is 12.3 Å². The number of hydrogen-bond acceptors (Lipinski definition) is 3. The van der Waals surface area contributed by atoms with Crippen molar-refractivity contribution in [1.82, 2.24) is 9.78 Å². The summed E-state index contributed by atoms with van der Waals surface area (Å²) >= 11 is 0. The number of hydrogen-bond donors (Lipinski definition) is 1. The van der Waals surface area contributed by atoms with Crippen LogP contribution in [0, 0.1) is 5.92 Å². The minimum atomic E-state index is -0.393. The van der Waals surface area contributed by atoms with Gasteiger partial charge in [-0.1, -0.05) is 6.92 Å². The van der Waals surface area contributed by atoms with E-state index < -0.39 is 6.10 Å². The molecule has 106 valence electrons. The average Bonchev–Trinajstić information content (AvgIpc) is 2.85. The van der Waals surface area contributed by atoms with Crippen molar-refractivity contribution in [2.75, 3.05) is 6.61 Å². The number of aromatic nitrogens is 2. The zero-order valence-corrected chi connectivity index (χ0v) is 11.7. The lowest BCUT2D eigenvalue weighted by molar-refractivity contribution is -0.157. The van der Waals surface area contributed by atoms with E-state index in [1.807, 2.05) is 10.7 Å². The van der Waals surface area contributed by atoms with E-state index in [-0.39, 0.29) is 5.60 Å². The first kappa shape index (κ1) is 13.1. The highest BCUT2D eigenvalue weighted by Crippen LogP contribution is 2.47. The van der Waals surface area contributed by atoms with Gasteiger partial charge in [0.15, 0.2) is 0 Å². The Kier molecular flexibility index (Phi) is 3.63. The van der Waals surface area contributed by atoms with Gasteiger partial charge in [-0.3, -0.25) is 4.68 Å². The minimum absolute atomic E-state index is 0.0967. The molecule has 3 rings (SSSR count). The van der Waals surface area contributed by atoms with Crippen LogP contribution < -0.4 is 0 Å². The Bertz CT molecular complexity index is 426. The molecule has 1 aliphatic carbocycles. The summed E-state index contributed by atoms with van der Waals surface area (Å²) in [6.07, 6.45) is 8.03. The fourth-order valence-corrected chi connectivity index (χ4v) is 3.49. The van der Waals surface area contributed by atoms with Gasteiger partial charge in [-0.25, -0.2) is 0 Å². The molecule has 4 heteroatoms. The van der Waals surface area contributed by atoms with Gasteiger partial charge in [0.2, 0.25) is 0 Å². The molecule has 2 heterocycles. The van der Waals surface area contributed by atoms with E-state index in [1.54, 1.807) is 6.20 Å². The van der Waals surface area contributed by atoms with Crippen molar-refractivity contribution in [3.8, 4) is 0 Å². The van der Waals surface area contributed by atoms with Gasteiger partial charge in [-0.2, -0.15) is 5.10 Å². The number of aryl methyl sites for hydroxylation is 1. The lowest BCUT2D eigenvalue weighted by atomic mass is 9.70. The molecule has 1 aliphatic heterocycles. The summed E-state index contributed by atoms with van der Waals surface area (Å²) in [6, 6.07) is 1.96. The standard InChI is InChI=1S/C15H24N2O2/c1-2-9-17-13(4-8-16-17)14(18)12-5-10-19-15(11-12)6-3-7-15/h4,8,12,14,18H,2-3,5-7,9-11H2,1H3. The topological polar surface area (TPSA) is 47.3 Å². The maximum atomic E-state index is 10.7. The SMILES string of the molecule is CCCn1nccc1C(O)C1CCOC2(CCC2)C1. The van der Waals surface area contributed by atoms with Crippen molar-refractivity contribution in [1.29, 1.82) is 0 Å². The number of rotatable bonds is 4. The van der Waals surface area contributed by atoms with Crippen molar-refractivity contribution < 1.29 is 9.84 Å². The molecule has 2 unspecified atom stereocenters. The van der Waals surface area contributed by atoms with Crippen molar-refractivity contribution >= 4 is 0 Å². The first-order chi connectivity index (χ1) is 9.24. The number of aliphatic hydroxyl groups is 1. The van der Waals surface area contributed by atoms with Crippen molar-refractivity contribution in [2.45, 2.75) is 63.7 Å². The summed E-state index contributed by atoms with van der Waals surface area (Å²) in [5, 5.41) is 15.0. The molecule has 2 atom stereocenters. The second-order valence-electron chi connectivity index (χ2n) is 6.06. The van der Waals surface area contributed by atoms with E-state index >= 15 is 0 Å². The van der Waals surface area contributed by atoms with Gasteiger partial charge in [-0.15, -0.1) is 0 Å². The molecule has 1 aromatic heterocycles. The average molecular weight is 264 g/mol. The zero-order valence-electron chi connectivity index (χ0n) is 11.7. The van der Waals surface area contributed by atoms with Gasteiger partial charge >= 0.3 is 0 Å². The highest BCUT2D eigenvalue weighted by atomic mass is 16.5. The van der Waals surface area contributed by atoms with Gasteiger partial charge < -0.3 is 9.84 Å². The second-order valence-corrected chi connectivity index (χ2v) is 6.06. The molecule has 1 aromatic rings. The molecule has 1 saturated carbocycles. The van der Waals surface area contributed by atoms with Crippen molar-refractivity contribution in [2.24, 2.45) is 5.92 Å². The van der Waals surface area contributed by atoms with E-state index in [0.29, 0.717) is 5.92 Å². The van der Waals surface area contributed by atoms with E-state index in [9.17, 15) is 5.11 Å². The third kappa shape index (κ3) is 2.43. The van der Waals surface area contributed by atoms with Crippen molar-refractivity contribution in [3.63, 3.8) is 0 Å². The Hall–Kier alpha value is -0.870. The predicted octanol–water partition coefficient (Wildman–Crippen LogP) is 2.68. The molecule has 0 aromatic carbocycles. The largest absolute Gasteiger partial charge is 0.387 e. The molecule has 2 fully saturated rings. The third-order valence-electron chi connectivity index (χ3n) is 4.73. The lowest BCUT2D eigenvalue weighted by Gasteiger charge is -2.48. The van der Waals surface area contributed by atoms with Crippen LogP contribution in [0.1, 0.15) is 57.2 Å². The fraction of sp³-hybridized carbons (Fsp3) is 0.800. The van der Waals surface area contributed by atoms with Crippen LogP contribution in [0.25, 0.3) is 0 Å². The van der Waals surface area contributed by atoms with E-state index in [4.69, 9.17) is 4.74 Å². The highest BCUT2D eigenvalue weighted by Gasteiger charge is 2.44. The number of ether oxygens (including phenoxy) is 1. The molecule has 2 aliphatic rings. The third-order valence-corrected chi connectivity index (χ3v) is 4.73. The summed E-state index contributed by atoms with van der Waals surface area (Å²) in [5.41, 5.74) is 1.07. The fourth-order valence-electron chi connectivity index (χ4n) is 3.49. The Morgan fingerprint density at radius 3 is 3.11 bits per heavy atom. The molecule has 0 bridgehead atoms. The van der Waals surface area contributed by atoms with Gasteiger partial charge in [0.25, 0.3) is 0 Å². The zero-order chi connectivity index (χ0) is 13.3. The van der Waals surface area contributed by atoms with Crippen LogP contribution in [0.4, 0.5) is 0 Å².